The van der Waals surface area contributed by atoms with Gasteiger partial charge < -0.3 is 19.6 Å². The second-order valence-electron chi connectivity index (χ2n) is 12.9. The molecule has 2 aliphatic heterocycles. The zero-order valence-electron chi connectivity index (χ0n) is 21.7. The van der Waals surface area contributed by atoms with Gasteiger partial charge in [-0.1, -0.05) is 25.5 Å². The van der Waals surface area contributed by atoms with E-state index in [4.69, 9.17) is 4.74 Å². The van der Waals surface area contributed by atoms with Crippen LogP contribution in [0.25, 0.3) is 0 Å². The van der Waals surface area contributed by atoms with Gasteiger partial charge in [-0.25, -0.2) is 9.59 Å². The first-order valence-corrected chi connectivity index (χ1v) is 14.0. The topological polar surface area (TPSA) is 70.1 Å². The fourth-order valence-electron chi connectivity index (χ4n) is 9.36. The van der Waals surface area contributed by atoms with Crippen LogP contribution in [0.15, 0.2) is 23.3 Å². The molecule has 0 aromatic rings. The first-order chi connectivity index (χ1) is 16.7. The first kappa shape index (κ1) is 23.6. The number of allylic oxidation sites excluding steroid dienone is 2. The van der Waals surface area contributed by atoms with Crippen LogP contribution in [-0.2, 0) is 9.53 Å². The van der Waals surface area contributed by atoms with Crippen LogP contribution in [0.2, 0.25) is 0 Å². The van der Waals surface area contributed by atoms with E-state index < -0.39 is 0 Å². The molecule has 4 fully saturated rings. The van der Waals surface area contributed by atoms with Gasteiger partial charge in [-0.05, 0) is 97.9 Å². The molecule has 1 unspecified atom stereocenters. The predicted molar refractivity (Wildman–Crippen MR) is 133 cm³/mol. The molecule has 6 rings (SSSR count). The Morgan fingerprint density at radius 2 is 2.00 bits per heavy atom. The summed E-state index contributed by atoms with van der Waals surface area (Å²) in [4.78, 5) is 28.7. The number of esters is 1. The number of hydrogen-bond acceptors (Lipinski definition) is 4. The Hall–Kier alpha value is -1.82. The van der Waals surface area contributed by atoms with Crippen molar-refractivity contribution in [2.24, 2.45) is 34.5 Å². The molecule has 0 spiro atoms. The summed E-state index contributed by atoms with van der Waals surface area (Å²) in [6, 6.07) is 0.411. The summed E-state index contributed by atoms with van der Waals surface area (Å²) >= 11 is 0. The van der Waals surface area contributed by atoms with Crippen molar-refractivity contribution < 1.29 is 19.4 Å². The third kappa shape index (κ3) is 3.60. The van der Waals surface area contributed by atoms with Gasteiger partial charge in [0, 0.05) is 32.3 Å². The van der Waals surface area contributed by atoms with E-state index in [9.17, 15) is 14.7 Å². The molecule has 0 aromatic heterocycles. The Morgan fingerprint density at radius 3 is 2.71 bits per heavy atom. The highest BCUT2D eigenvalue weighted by atomic mass is 16.5. The molecule has 2 heterocycles. The van der Waals surface area contributed by atoms with E-state index in [0.29, 0.717) is 55.3 Å². The van der Waals surface area contributed by atoms with Crippen molar-refractivity contribution in [1.29, 1.82) is 0 Å². The number of aliphatic hydroxyl groups excluding tert-OH is 1. The number of fused-ring (bicyclic) bond motifs is 5. The number of cyclic esters (lactones) is 1. The molecule has 0 bridgehead atoms. The van der Waals surface area contributed by atoms with Gasteiger partial charge >= 0.3 is 12.0 Å². The van der Waals surface area contributed by atoms with E-state index >= 15 is 0 Å². The fraction of sp³-hybridized carbons (Fsp3) is 0.793. The third-order valence-corrected chi connectivity index (χ3v) is 11.5. The fourth-order valence-corrected chi connectivity index (χ4v) is 9.36. The Morgan fingerprint density at radius 1 is 1.17 bits per heavy atom. The number of carbonyl (C=O) groups excluding carboxylic acids is 2. The lowest BCUT2D eigenvalue weighted by atomic mass is 9.45. The maximum absolute atomic E-state index is 13.1. The van der Waals surface area contributed by atoms with Crippen LogP contribution in [0.3, 0.4) is 0 Å². The average Bonchev–Trinajstić information content (AvgIpc) is 3.55. The molecule has 0 aromatic carbocycles. The second-order valence-corrected chi connectivity index (χ2v) is 12.9. The van der Waals surface area contributed by atoms with E-state index in [1.165, 1.54) is 37.7 Å². The minimum absolute atomic E-state index is 0.100. The van der Waals surface area contributed by atoms with Crippen molar-refractivity contribution in [2.45, 2.75) is 83.8 Å². The maximum Gasteiger partial charge on any atom is 0.331 e. The largest absolute Gasteiger partial charge is 0.458 e. The molecule has 2 amide bonds. The van der Waals surface area contributed by atoms with Crippen LogP contribution >= 0.6 is 0 Å². The normalized spacial score (nSPS) is 44.7. The van der Waals surface area contributed by atoms with Crippen molar-refractivity contribution >= 4 is 12.0 Å². The lowest BCUT2D eigenvalue weighted by Crippen LogP contribution is -2.55. The number of carbonyl (C=O) groups is 2. The molecule has 4 aliphatic carbocycles. The number of ether oxygens (including phenoxy) is 1. The van der Waals surface area contributed by atoms with Crippen molar-refractivity contribution in [3.8, 4) is 0 Å². The van der Waals surface area contributed by atoms with Crippen LogP contribution in [0.5, 0.6) is 0 Å². The number of rotatable bonds is 2. The molecular weight excluding hydrogens is 440 g/mol. The molecule has 6 heteroatoms. The Balaban J connectivity index is 1.16. The predicted octanol–water partition coefficient (Wildman–Crippen LogP) is 4.54. The minimum atomic E-state index is -0.364. The summed E-state index contributed by atoms with van der Waals surface area (Å²) in [7, 11) is 1.98. The number of hydrogen-bond donors (Lipinski definition) is 1. The number of likely N-dealkylation sites (tertiary alicyclic amines) is 1. The first-order valence-electron chi connectivity index (χ1n) is 14.0. The average molecular weight is 483 g/mol. The molecule has 1 saturated heterocycles. The molecule has 8 atom stereocenters. The molecule has 192 valence electrons. The zero-order chi connectivity index (χ0) is 24.5. The van der Waals surface area contributed by atoms with E-state index in [0.717, 1.165) is 25.2 Å². The summed E-state index contributed by atoms with van der Waals surface area (Å²) in [5, 5.41) is 9.87. The van der Waals surface area contributed by atoms with Gasteiger partial charge in [0.15, 0.2) is 0 Å². The SMILES string of the molecule is CN(C(=O)N1CCC(O)C1)[C@H]1CC[C@@]2(C)[C@H](CC[C@H]3C4=CC[C@H](C5=CC(=O)OC5)[C@@]4(C)CC[C@@H]32)C1. The lowest BCUT2D eigenvalue weighted by Gasteiger charge is -2.60. The second kappa shape index (κ2) is 8.36. The zero-order valence-corrected chi connectivity index (χ0v) is 21.7. The quantitative estimate of drug-likeness (QED) is 0.464. The smallest absolute Gasteiger partial charge is 0.331 e. The highest BCUT2D eigenvalue weighted by Gasteiger charge is 2.58. The number of urea groups is 1. The summed E-state index contributed by atoms with van der Waals surface area (Å²) < 4.78 is 5.28. The van der Waals surface area contributed by atoms with Gasteiger partial charge in [0.05, 0.1) is 6.10 Å². The van der Waals surface area contributed by atoms with E-state index in [2.05, 4.69) is 19.9 Å². The van der Waals surface area contributed by atoms with Gasteiger partial charge in [-0.3, -0.25) is 0 Å². The summed E-state index contributed by atoms with van der Waals surface area (Å²) in [5.41, 5.74) is 3.41. The van der Waals surface area contributed by atoms with Crippen LogP contribution in [0, 0.1) is 34.5 Å². The molecular formula is C29H42N2O4. The van der Waals surface area contributed by atoms with Gasteiger partial charge in [0.2, 0.25) is 0 Å². The molecule has 1 N–H and O–H groups in total. The standard InChI is InChI=1S/C29H42N2O4/c1-28-11-8-20(30(3)27(34)31-13-10-21(32)16-31)15-19(28)4-5-22-24-7-6-23(18-14-26(33)35-17-18)29(24,2)12-9-25(22)28/h7,14,19-23,25,32H,4-6,8-13,15-17H2,1-3H3/t19-,20+,21?,22+,23-,25+,28+,29-/m1/s1. The Bertz CT molecular complexity index is 974. The maximum atomic E-state index is 13.1. The van der Waals surface area contributed by atoms with Gasteiger partial charge in [0.25, 0.3) is 0 Å². The number of β-amino-alcohol motifs (C(OH)–C–C–N with tert-alkyl or cyclic N) is 1. The molecule has 0 radical (unpaired) electrons. The molecule has 35 heavy (non-hydrogen) atoms. The lowest BCUT2D eigenvalue weighted by molar-refractivity contribution is -0.135. The van der Waals surface area contributed by atoms with Crippen molar-refractivity contribution in [3.05, 3.63) is 23.3 Å². The van der Waals surface area contributed by atoms with E-state index in [1.807, 2.05) is 16.8 Å². The van der Waals surface area contributed by atoms with Gasteiger partial charge in [-0.2, -0.15) is 0 Å². The minimum Gasteiger partial charge on any atom is -0.458 e. The third-order valence-electron chi connectivity index (χ3n) is 11.5. The highest BCUT2D eigenvalue weighted by molar-refractivity contribution is 5.85. The van der Waals surface area contributed by atoms with Crippen molar-refractivity contribution in [1.82, 2.24) is 9.80 Å². The Labute approximate surface area is 209 Å². The van der Waals surface area contributed by atoms with Crippen LogP contribution in [-0.4, -0.2) is 65.8 Å². The monoisotopic (exact) mass is 482 g/mol. The highest BCUT2D eigenvalue weighted by Crippen LogP contribution is 2.66. The number of amides is 2. The number of aliphatic hydroxyl groups is 1. The summed E-state index contributed by atoms with van der Waals surface area (Å²) in [5.74, 6) is 2.33. The number of nitrogens with zero attached hydrogens (tertiary/aromatic N) is 2. The van der Waals surface area contributed by atoms with Crippen molar-refractivity contribution in [2.75, 3.05) is 26.7 Å². The molecule has 6 aliphatic rings. The molecule has 6 nitrogen and oxygen atoms in total. The summed E-state index contributed by atoms with van der Waals surface area (Å²) in [6.07, 6.45) is 14.1. The molecule has 3 saturated carbocycles. The van der Waals surface area contributed by atoms with E-state index in [1.54, 1.807) is 11.6 Å². The van der Waals surface area contributed by atoms with E-state index in [-0.39, 0.29) is 23.5 Å². The van der Waals surface area contributed by atoms with Crippen LogP contribution in [0.1, 0.15) is 71.6 Å². The van der Waals surface area contributed by atoms with Gasteiger partial charge in [0.1, 0.15) is 6.61 Å². The van der Waals surface area contributed by atoms with Gasteiger partial charge in [-0.15, -0.1) is 0 Å². The Kier molecular flexibility index (Phi) is 5.63. The van der Waals surface area contributed by atoms with Crippen molar-refractivity contribution in [3.63, 3.8) is 0 Å². The van der Waals surface area contributed by atoms with Crippen LogP contribution < -0.4 is 0 Å². The van der Waals surface area contributed by atoms with Crippen LogP contribution in [0.4, 0.5) is 4.79 Å². The summed E-state index contributed by atoms with van der Waals surface area (Å²) in [6.45, 7) is 6.65.